The smallest absolute Gasteiger partial charge is 0.349 e. The monoisotopic (exact) mass is 279 g/mol. The quantitative estimate of drug-likeness (QED) is 0.488. The third kappa shape index (κ3) is 2.97. The van der Waals surface area contributed by atoms with Gasteiger partial charge in [-0.2, -0.15) is 4.98 Å². The largest absolute Gasteiger partial charge is 0.434 e. The van der Waals surface area contributed by atoms with Gasteiger partial charge in [0.05, 0.1) is 4.92 Å². The Balaban J connectivity index is 2.39. The van der Waals surface area contributed by atoms with Gasteiger partial charge in [0.15, 0.2) is 0 Å². The second kappa shape index (κ2) is 5.19. The maximum absolute atomic E-state index is 10.8. The minimum absolute atomic E-state index is 0.107. The molecule has 0 aliphatic carbocycles. The number of aromatic nitrogens is 2. The molecule has 0 N–H and O–H groups in total. The van der Waals surface area contributed by atoms with Gasteiger partial charge in [-0.1, -0.05) is 6.07 Å². The second-order valence-corrected chi connectivity index (χ2v) is 4.27. The minimum atomic E-state index is -0.618. The number of hydrogen-bond acceptors (Lipinski definition) is 5. The number of nitro groups is 1. The summed E-state index contributed by atoms with van der Waals surface area (Å²) in [5, 5.41) is 10.7. The molecule has 19 heavy (non-hydrogen) atoms. The first-order valence-electron chi connectivity index (χ1n) is 5.39. The summed E-state index contributed by atoms with van der Waals surface area (Å²) < 4.78 is 5.41. The van der Waals surface area contributed by atoms with Crippen molar-refractivity contribution >= 4 is 17.3 Å². The zero-order valence-electron chi connectivity index (χ0n) is 10.3. The summed E-state index contributed by atoms with van der Waals surface area (Å²) in [5.41, 5.74) is 1.78. The van der Waals surface area contributed by atoms with E-state index in [2.05, 4.69) is 9.97 Å². The summed E-state index contributed by atoms with van der Waals surface area (Å²) in [7, 11) is 0. The van der Waals surface area contributed by atoms with Crippen LogP contribution in [-0.2, 0) is 0 Å². The van der Waals surface area contributed by atoms with Gasteiger partial charge in [0, 0.05) is 0 Å². The molecule has 0 bridgehead atoms. The number of rotatable bonds is 3. The van der Waals surface area contributed by atoms with Crippen LogP contribution in [-0.4, -0.2) is 14.9 Å². The molecule has 1 aromatic heterocycles. The molecule has 0 unspecified atom stereocenters. The molecule has 0 aliphatic heterocycles. The zero-order valence-corrected chi connectivity index (χ0v) is 11.0. The molecule has 1 heterocycles. The van der Waals surface area contributed by atoms with Gasteiger partial charge in [-0.05, 0) is 48.7 Å². The Bertz CT molecular complexity index is 646. The van der Waals surface area contributed by atoms with Crippen molar-refractivity contribution in [3.63, 3.8) is 0 Å². The van der Waals surface area contributed by atoms with Gasteiger partial charge in [0.2, 0.25) is 5.28 Å². The average molecular weight is 280 g/mol. The molecule has 0 aliphatic rings. The number of aryl methyl sites for hydroxylation is 2. The maximum atomic E-state index is 10.8. The van der Waals surface area contributed by atoms with E-state index in [1.807, 2.05) is 19.9 Å². The van der Waals surface area contributed by atoms with Crippen molar-refractivity contribution in [2.45, 2.75) is 13.8 Å². The summed E-state index contributed by atoms with van der Waals surface area (Å²) in [6, 6.07) is 5.34. The van der Waals surface area contributed by atoms with Crippen LogP contribution in [0.3, 0.4) is 0 Å². The fourth-order valence-electron chi connectivity index (χ4n) is 1.43. The van der Waals surface area contributed by atoms with Crippen LogP contribution in [0.2, 0.25) is 5.28 Å². The van der Waals surface area contributed by atoms with Gasteiger partial charge in [-0.3, -0.25) is 10.1 Å². The molecular weight excluding hydrogens is 270 g/mol. The van der Waals surface area contributed by atoms with Crippen molar-refractivity contribution in [2.75, 3.05) is 0 Å². The maximum Gasteiger partial charge on any atom is 0.349 e. The predicted molar refractivity (Wildman–Crippen MR) is 69.7 cm³/mol. The molecule has 0 saturated heterocycles. The van der Waals surface area contributed by atoms with Gasteiger partial charge in [-0.15, -0.1) is 0 Å². The van der Waals surface area contributed by atoms with Gasteiger partial charge >= 0.3 is 11.6 Å². The molecular formula is C12H10ClN3O3. The van der Waals surface area contributed by atoms with Gasteiger partial charge in [0.25, 0.3) is 0 Å². The topological polar surface area (TPSA) is 78.2 Å². The lowest BCUT2D eigenvalue weighted by Crippen LogP contribution is -1.98. The van der Waals surface area contributed by atoms with Crippen molar-refractivity contribution in [1.82, 2.24) is 9.97 Å². The summed E-state index contributed by atoms with van der Waals surface area (Å²) in [5.74, 6) is 0.286. The van der Waals surface area contributed by atoms with Crippen molar-refractivity contribution in [3.05, 3.63) is 50.9 Å². The minimum Gasteiger partial charge on any atom is -0.434 e. The highest BCUT2D eigenvalue weighted by molar-refractivity contribution is 6.28. The van der Waals surface area contributed by atoms with Gasteiger partial charge < -0.3 is 4.74 Å². The molecule has 0 amide bonds. The summed E-state index contributed by atoms with van der Waals surface area (Å²) in [6.45, 7) is 3.88. The molecule has 0 spiro atoms. The summed E-state index contributed by atoms with van der Waals surface area (Å²) in [4.78, 5) is 17.5. The van der Waals surface area contributed by atoms with Crippen molar-refractivity contribution in [3.8, 4) is 11.6 Å². The first-order chi connectivity index (χ1) is 8.97. The van der Waals surface area contributed by atoms with Gasteiger partial charge in [0.1, 0.15) is 11.9 Å². The van der Waals surface area contributed by atoms with Crippen LogP contribution in [0.15, 0.2) is 24.4 Å². The molecule has 1 aromatic carbocycles. The van der Waals surface area contributed by atoms with Crippen LogP contribution < -0.4 is 4.74 Å². The van der Waals surface area contributed by atoms with E-state index in [9.17, 15) is 10.1 Å². The molecule has 0 saturated carbocycles. The highest BCUT2D eigenvalue weighted by Crippen LogP contribution is 2.30. The predicted octanol–water partition coefficient (Wildman–Crippen LogP) is 3.45. The standard InChI is InChI=1S/C12H10ClN3O3/c1-7-3-4-9(5-8(7)2)19-11-10(16(17)18)6-14-12(13)15-11/h3-6H,1-2H3. The lowest BCUT2D eigenvalue weighted by Gasteiger charge is -2.07. The van der Waals surface area contributed by atoms with E-state index in [0.717, 1.165) is 17.3 Å². The van der Waals surface area contributed by atoms with Crippen LogP contribution in [0.25, 0.3) is 0 Å². The molecule has 2 aromatic rings. The van der Waals surface area contributed by atoms with Crippen LogP contribution >= 0.6 is 11.6 Å². The Morgan fingerprint density at radius 2 is 2.05 bits per heavy atom. The Kier molecular flexibility index (Phi) is 3.62. The van der Waals surface area contributed by atoms with E-state index in [1.54, 1.807) is 12.1 Å². The Hall–Kier alpha value is -2.21. The lowest BCUT2D eigenvalue weighted by molar-refractivity contribution is -0.386. The molecule has 0 atom stereocenters. The molecule has 7 heteroatoms. The SMILES string of the molecule is Cc1ccc(Oc2nc(Cl)ncc2[N+](=O)[O-])cc1C. The van der Waals surface area contributed by atoms with E-state index in [4.69, 9.17) is 16.3 Å². The molecule has 98 valence electrons. The van der Waals surface area contributed by atoms with E-state index in [1.165, 1.54) is 0 Å². The van der Waals surface area contributed by atoms with E-state index in [0.29, 0.717) is 5.75 Å². The van der Waals surface area contributed by atoms with E-state index < -0.39 is 4.92 Å². The first-order valence-corrected chi connectivity index (χ1v) is 5.77. The fraction of sp³-hybridized carbons (Fsp3) is 0.167. The Morgan fingerprint density at radius 3 is 2.68 bits per heavy atom. The first kappa shape index (κ1) is 13.2. The number of halogens is 1. The third-order valence-electron chi connectivity index (χ3n) is 2.60. The number of benzene rings is 1. The Morgan fingerprint density at radius 1 is 1.32 bits per heavy atom. The Labute approximate surface area is 114 Å². The van der Waals surface area contributed by atoms with Crippen LogP contribution in [0.5, 0.6) is 11.6 Å². The van der Waals surface area contributed by atoms with Crippen molar-refractivity contribution < 1.29 is 9.66 Å². The van der Waals surface area contributed by atoms with Crippen LogP contribution in [0.1, 0.15) is 11.1 Å². The van der Waals surface area contributed by atoms with Crippen LogP contribution in [0, 0.1) is 24.0 Å². The number of ether oxygens (including phenoxy) is 1. The molecule has 6 nitrogen and oxygen atoms in total. The third-order valence-corrected chi connectivity index (χ3v) is 2.78. The van der Waals surface area contributed by atoms with E-state index >= 15 is 0 Å². The lowest BCUT2D eigenvalue weighted by atomic mass is 10.1. The summed E-state index contributed by atoms with van der Waals surface area (Å²) >= 11 is 5.62. The van der Waals surface area contributed by atoms with Crippen LogP contribution in [0.4, 0.5) is 5.69 Å². The number of nitrogens with zero attached hydrogens (tertiary/aromatic N) is 3. The molecule has 0 fully saturated rings. The van der Waals surface area contributed by atoms with Crippen molar-refractivity contribution in [1.29, 1.82) is 0 Å². The second-order valence-electron chi connectivity index (χ2n) is 3.93. The zero-order chi connectivity index (χ0) is 14.0. The van der Waals surface area contributed by atoms with E-state index in [-0.39, 0.29) is 16.9 Å². The molecule has 0 radical (unpaired) electrons. The normalized spacial score (nSPS) is 10.3. The highest BCUT2D eigenvalue weighted by atomic mass is 35.5. The summed E-state index contributed by atoms with van der Waals surface area (Å²) in [6.07, 6.45) is 1.02. The van der Waals surface area contributed by atoms with Gasteiger partial charge in [-0.25, -0.2) is 4.98 Å². The molecule has 2 rings (SSSR count). The fourth-order valence-corrected chi connectivity index (χ4v) is 1.55. The highest BCUT2D eigenvalue weighted by Gasteiger charge is 2.19. The van der Waals surface area contributed by atoms with Crippen molar-refractivity contribution in [2.24, 2.45) is 0 Å². The average Bonchev–Trinajstić information content (AvgIpc) is 2.33. The number of hydrogen-bond donors (Lipinski definition) is 0.